The van der Waals surface area contributed by atoms with Gasteiger partial charge in [-0.3, -0.25) is 9.69 Å². The average molecular weight is 429 g/mol. The first-order valence-corrected chi connectivity index (χ1v) is 10.5. The van der Waals surface area contributed by atoms with E-state index in [1.54, 1.807) is 6.08 Å². The van der Waals surface area contributed by atoms with Crippen LogP contribution in [0.2, 0.25) is 5.02 Å². The molecule has 0 bridgehead atoms. The molecule has 1 saturated heterocycles. The lowest BCUT2D eigenvalue weighted by Crippen LogP contribution is -2.43. The topological polar surface area (TPSA) is 60.0 Å². The Morgan fingerprint density at radius 1 is 1.07 bits per heavy atom. The molecule has 0 saturated carbocycles. The van der Waals surface area contributed by atoms with Crippen LogP contribution in [-0.2, 0) is 9.53 Å². The van der Waals surface area contributed by atoms with Gasteiger partial charge in [-0.2, -0.15) is 0 Å². The van der Waals surface area contributed by atoms with E-state index in [4.69, 9.17) is 25.8 Å². The number of fused-ring (bicyclic) bond motifs is 1. The number of rotatable bonds is 6. The predicted octanol–water partition coefficient (Wildman–Crippen LogP) is 3.31. The number of carbonyl (C=O) groups excluding carboxylic acids is 1. The number of nitrogens with zero attached hydrogens (tertiary/aromatic N) is 1. The zero-order chi connectivity index (χ0) is 20.8. The maximum absolute atomic E-state index is 12.5. The first-order valence-electron chi connectivity index (χ1n) is 10.1. The molecule has 2 aliphatic heterocycles. The smallest absolute Gasteiger partial charge is 0.244 e. The molecule has 0 spiro atoms. The van der Waals surface area contributed by atoms with Crippen LogP contribution in [0.25, 0.3) is 6.08 Å². The standard InChI is InChI=1S/C23H25ClN2O4/c24-19-4-2-1-3-18(19)20(26-9-11-28-12-10-26)16-25-23(27)8-6-17-5-7-21-22(15-17)30-14-13-29-21/h1-8,15,20H,9-14,16H2,(H,25,27)/b8-6+. The first-order chi connectivity index (χ1) is 14.7. The summed E-state index contributed by atoms with van der Waals surface area (Å²) in [6, 6.07) is 13.4. The fourth-order valence-electron chi connectivity index (χ4n) is 3.66. The summed E-state index contributed by atoms with van der Waals surface area (Å²) in [5.74, 6) is 1.28. The minimum atomic E-state index is -0.157. The number of benzene rings is 2. The van der Waals surface area contributed by atoms with Crippen LogP contribution in [0.5, 0.6) is 11.5 Å². The van der Waals surface area contributed by atoms with Gasteiger partial charge in [-0.25, -0.2) is 0 Å². The molecule has 1 fully saturated rings. The quantitative estimate of drug-likeness (QED) is 0.715. The van der Waals surface area contributed by atoms with Crippen molar-refractivity contribution in [2.24, 2.45) is 0 Å². The van der Waals surface area contributed by atoms with Crippen LogP contribution in [-0.4, -0.2) is 56.9 Å². The fourth-order valence-corrected chi connectivity index (χ4v) is 3.92. The number of nitrogens with one attached hydrogen (secondary N) is 1. The second kappa shape index (κ2) is 9.98. The highest BCUT2D eigenvalue weighted by atomic mass is 35.5. The maximum atomic E-state index is 12.5. The molecule has 6 nitrogen and oxygen atoms in total. The van der Waals surface area contributed by atoms with Gasteiger partial charge >= 0.3 is 0 Å². The number of morpholine rings is 1. The van der Waals surface area contributed by atoms with Gasteiger partial charge in [0.25, 0.3) is 0 Å². The molecule has 7 heteroatoms. The third-order valence-corrected chi connectivity index (χ3v) is 5.56. The van der Waals surface area contributed by atoms with Crippen molar-refractivity contribution in [3.63, 3.8) is 0 Å². The number of hydrogen-bond acceptors (Lipinski definition) is 5. The van der Waals surface area contributed by atoms with Gasteiger partial charge in [0, 0.05) is 30.7 Å². The van der Waals surface area contributed by atoms with Crippen molar-refractivity contribution in [1.82, 2.24) is 10.2 Å². The van der Waals surface area contributed by atoms with E-state index in [2.05, 4.69) is 10.2 Å². The summed E-state index contributed by atoms with van der Waals surface area (Å²) < 4.78 is 16.6. The Kier molecular flexibility index (Phi) is 6.89. The summed E-state index contributed by atoms with van der Waals surface area (Å²) in [5.41, 5.74) is 1.89. The Morgan fingerprint density at radius 3 is 2.63 bits per heavy atom. The van der Waals surface area contributed by atoms with Crippen LogP contribution in [0, 0.1) is 0 Å². The second-order valence-corrected chi connectivity index (χ2v) is 7.57. The number of amides is 1. The maximum Gasteiger partial charge on any atom is 0.244 e. The molecule has 1 amide bonds. The van der Waals surface area contributed by atoms with Gasteiger partial charge in [0.15, 0.2) is 11.5 Å². The highest BCUT2D eigenvalue weighted by Crippen LogP contribution is 2.31. The van der Waals surface area contributed by atoms with Gasteiger partial charge in [-0.1, -0.05) is 35.9 Å². The zero-order valence-electron chi connectivity index (χ0n) is 16.7. The highest BCUT2D eigenvalue weighted by molar-refractivity contribution is 6.31. The number of halogens is 1. The number of carbonyl (C=O) groups is 1. The van der Waals surface area contributed by atoms with Gasteiger partial charge in [0.1, 0.15) is 13.2 Å². The molecule has 2 aromatic rings. The minimum Gasteiger partial charge on any atom is -0.486 e. The third-order valence-electron chi connectivity index (χ3n) is 5.21. The summed E-state index contributed by atoms with van der Waals surface area (Å²) in [5, 5.41) is 3.72. The van der Waals surface area contributed by atoms with Gasteiger partial charge in [0.05, 0.1) is 19.3 Å². The summed E-state index contributed by atoms with van der Waals surface area (Å²) in [6.45, 7) is 4.52. The van der Waals surface area contributed by atoms with Crippen LogP contribution >= 0.6 is 11.6 Å². The lowest BCUT2D eigenvalue weighted by Gasteiger charge is -2.35. The summed E-state index contributed by atoms with van der Waals surface area (Å²) in [7, 11) is 0. The van der Waals surface area contributed by atoms with Crippen molar-refractivity contribution < 1.29 is 19.0 Å². The van der Waals surface area contributed by atoms with Crippen LogP contribution in [0.15, 0.2) is 48.5 Å². The van der Waals surface area contributed by atoms with Crippen LogP contribution in [0.4, 0.5) is 0 Å². The summed E-state index contributed by atoms with van der Waals surface area (Å²) in [6.07, 6.45) is 3.31. The lowest BCUT2D eigenvalue weighted by molar-refractivity contribution is -0.116. The molecule has 1 unspecified atom stereocenters. The normalized spacial score (nSPS) is 17.6. The van der Waals surface area contributed by atoms with E-state index in [9.17, 15) is 4.79 Å². The van der Waals surface area contributed by atoms with E-state index in [-0.39, 0.29) is 11.9 Å². The largest absolute Gasteiger partial charge is 0.486 e. The third kappa shape index (κ3) is 5.14. The average Bonchev–Trinajstić information content (AvgIpc) is 2.79. The minimum absolute atomic E-state index is 0.00533. The van der Waals surface area contributed by atoms with Gasteiger partial charge < -0.3 is 19.5 Å². The predicted molar refractivity (Wildman–Crippen MR) is 116 cm³/mol. The molecule has 2 aromatic carbocycles. The lowest BCUT2D eigenvalue weighted by atomic mass is 10.0. The molecule has 4 rings (SSSR count). The molecular weight excluding hydrogens is 404 g/mol. The van der Waals surface area contributed by atoms with E-state index < -0.39 is 0 Å². The number of hydrogen-bond donors (Lipinski definition) is 1. The monoisotopic (exact) mass is 428 g/mol. The molecule has 2 aliphatic rings. The molecule has 2 heterocycles. The molecule has 158 valence electrons. The molecule has 0 radical (unpaired) electrons. The van der Waals surface area contributed by atoms with E-state index in [1.807, 2.05) is 42.5 Å². The Hall–Kier alpha value is -2.54. The van der Waals surface area contributed by atoms with E-state index >= 15 is 0 Å². The van der Waals surface area contributed by atoms with E-state index in [0.29, 0.717) is 43.7 Å². The molecule has 30 heavy (non-hydrogen) atoms. The summed E-state index contributed by atoms with van der Waals surface area (Å²) in [4.78, 5) is 14.8. The van der Waals surface area contributed by atoms with E-state index in [0.717, 1.165) is 30.0 Å². The Labute approximate surface area is 181 Å². The van der Waals surface area contributed by atoms with Crippen molar-refractivity contribution >= 4 is 23.6 Å². The summed E-state index contributed by atoms with van der Waals surface area (Å²) >= 11 is 6.45. The zero-order valence-corrected chi connectivity index (χ0v) is 17.4. The Bertz CT molecular complexity index is 912. The van der Waals surface area contributed by atoms with Crippen molar-refractivity contribution in [2.75, 3.05) is 46.1 Å². The number of ether oxygens (including phenoxy) is 3. The van der Waals surface area contributed by atoms with Gasteiger partial charge in [-0.05, 0) is 35.4 Å². The molecular formula is C23H25ClN2O4. The molecule has 0 aliphatic carbocycles. The first kappa shape index (κ1) is 20.7. The van der Waals surface area contributed by atoms with Crippen molar-refractivity contribution in [3.8, 4) is 11.5 Å². The molecule has 1 atom stereocenters. The van der Waals surface area contributed by atoms with Crippen LogP contribution in [0.1, 0.15) is 17.2 Å². The molecule has 1 N–H and O–H groups in total. The van der Waals surface area contributed by atoms with Gasteiger partial charge in [-0.15, -0.1) is 0 Å². The van der Waals surface area contributed by atoms with Crippen LogP contribution < -0.4 is 14.8 Å². The Morgan fingerprint density at radius 2 is 1.83 bits per heavy atom. The SMILES string of the molecule is O=C(/C=C/c1ccc2c(c1)OCCO2)NCC(c1ccccc1Cl)N1CCOCC1. The highest BCUT2D eigenvalue weighted by Gasteiger charge is 2.24. The second-order valence-electron chi connectivity index (χ2n) is 7.17. The Balaban J connectivity index is 1.41. The fraction of sp³-hybridized carbons (Fsp3) is 0.348. The van der Waals surface area contributed by atoms with Gasteiger partial charge in [0.2, 0.25) is 5.91 Å². The van der Waals surface area contributed by atoms with Crippen molar-refractivity contribution in [2.45, 2.75) is 6.04 Å². The van der Waals surface area contributed by atoms with E-state index in [1.165, 1.54) is 6.08 Å². The van der Waals surface area contributed by atoms with Crippen LogP contribution in [0.3, 0.4) is 0 Å². The van der Waals surface area contributed by atoms with Crippen molar-refractivity contribution in [1.29, 1.82) is 0 Å². The molecule has 0 aromatic heterocycles. The van der Waals surface area contributed by atoms with Crippen molar-refractivity contribution in [3.05, 3.63) is 64.7 Å².